The van der Waals surface area contributed by atoms with E-state index in [0.29, 0.717) is 4.88 Å². The molecule has 0 aliphatic heterocycles. The Hall–Kier alpha value is -1.92. The lowest BCUT2D eigenvalue weighted by Gasteiger charge is -2.03. The van der Waals surface area contributed by atoms with E-state index >= 15 is 0 Å². The van der Waals surface area contributed by atoms with E-state index in [1.54, 1.807) is 18.2 Å². The van der Waals surface area contributed by atoms with Crippen LogP contribution < -0.4 is 10.9 Å². The Bertz CT molecular complexity index is 694. The SMILES string of the molecule is Cc1cccc(/C=C/C(=O)NNC(=O)c2ccc(Br)s2)c1. The van der Waals surface area contributed by atoms with Crippen molar-refractivity contribution in [2.24, 2.45) is 0 Å². The summed E-state index contributed by atoms with van der Waals surface area (Å²) in [5.74, 6) is -0.733. The van der Waals surface area contributed by atoms with Crippen molar-refractivity contribution in [2.45, 2.75) is 6.92 Å². The van der Waals surface area contributed by atoms with Crippen LogP contribution in [0.3, 0.4) is 0 Å². The average Bonchev–Trinajstić information content (AvgIpc) is 2.89. The molecule has 0 fully saturated rings. The normalized spacial score (nSPS) is 10.6. The zero-order valence-corrected chi connectivity index (χ0v) is 13.6. The molecular formula is C15H13BrN2O2S. The largest absolute Gasteiger partial charge is 0.279 e. The highest BCUT2D eigenvalue weighted by Crippen LogP contribution is 2.21. The zero-order chi connectivity index (χ0) is 15.2. The van der Waals surface area contributed by atoms with Crippen LogP contribution in [-0.2, 0) is 4.79 Å². The van der Waals surface area contributed by atoms with E-state index in [4.69, 9.17) is 0 Å². The second kappa shape index (κ2) is 7.19. The molecular weight excluding hydrogens is 352 g/mol. The molecule has 0 aliphatic carbocycles. The maximum atomic E-state index is 11.7. The third-order valence-electron chi connectivity index (χ3n) is 2.57. The Morgan fingerprint density at radius 1 is 1.19 bits per heavy atom. The van der Waals surface area contributed by atoms with Gasteiger partial charge in [-0.1, -0.05) is 29.8 Å². The molecule has 0 saturated heterocycles. The van der Waals surface area contributed by atoms with Gasteiger partial charge in [-0.3, -0.25) is 20.4 Å². The Labute approximate surface area is 135 Å². The van der Waals surface area contributed by atoms with Crippen LogP contribution >= 0.6 is 27.3 Å². The molecule has 2 aromatic rings. The average molecular weight is 365 g/mol. The highest BCUT2D eigenvalue weighted by Gasteiger charge is 2.08. The minimum Gasteiger partial charge on any atom is -0.268 e. The third kappa shape index (κ3) is 4.84. The molecule has 2 rings (SSSR count). The molecule has 1 aromatic carbocycles. The van der Waals surface area contributed by atoms with Gasteiger partial charge in [0.05, 0.1) is 8.66 Å². The second-order valence-electron chi connectivity index (χ2n) is 4.29. The maximum absolute atomic E-state index is 11.7. The number of thiophene rings is 1. The molecule has 1 heterocycles. The van der Waals surface area contributed by atoms with Crippen LogP contribution in [0.4, 0.5) is 0 Å². The maximum Gasteiger partial charge on any atom is 0.279 e. The molecule has 0 atom stereocenters. The molecule has 0 aliphatic rings. The highest BCUT2D eigenvalue weighted by molar-refractivity contribution is 9.11. The van der Waals surface area contributed by atoms with Crippen molar-refractivity contribution in [3.8, 4) is 0 Å². The summed E-state index contributed by atoms with van der Waals surface area (Å²) in [5.41, 5.74) is 6.75. The van der Waals surface area contributed by atoms with Crippen LogP contribution in [0.25, 0.3) is 6.08 Å². The van der Waals surface area contributed by atoms with E-state index in [9.17, 15) is 9.59 Å². The molecule has 2 amide bonds. The Morgan fingerprint density at radius 3 is 2.67 bits per heavy atom. The minimum absolute atomic E-state index is 0.344. The van der Waals surface area contributed by atoms with Crippen LogP contribution in [0.5, 0.6) is 0 Å². The Balaban J connectivity index is 1.86. The molecule has 0 bridgehead atoms. The molecule has 21 heavy (non-hydrogen) atoms. The zero-order valence-electron chi connectivity index (χ0n) is 11.2. The number of rotatable bonds is 3. The topological polar surface area (TPSA) is 58.2 Å². The van der Waals surface area contributed by atoms with Gasteiger partial charge < -0.3 is 0 Å². The predicted octanol–water partition coefficient (Wildman–Crippen LogP) is 3.29. The van der Waals surface area contributed by atoms with Gasteiger partial charge in [-0.2, -0.15) is 0 Å². The molecule has 6 heteroatoms. The van der Waals surface area contributed by atoms with E-state index in [1.807, 2.05) is 31.2 Å². The summed E-state index contributed by atoms with van der Waals surface area (Å²) < 4.78 is 0.860. The Kier molecular flexibility index (Phi) is 5.30. The number of carbonyl (C=O) groups is 2. The number of halogens is 1. The standard InChI is InChI=1S/C15H13BrN2O2S/c1-10-3-2-4-11(9-10)5-8-14(19)17-18-15(20)12-6-7-13(16)21-12/h2-9H,1H3,(H,17,19)(H,18,20)/b8-5+. The second-order valence-corrected chi connectivity index (χ2v) is 6.76. The van der Waals surface area contributed by atoms with Gasteiger partial charge in [0.2, 0.25) is 0 Å². The summed E-state index contributed by atoms with van der Waals surface area (Å²) in [6, 6.07) is 11.2. The number of hydrogen-bond acceptors (Lipinski definition) is 3. The monoisotopic (exact) mass is 364 g/mol. The first-order valence-electron chi connectivity index (χ1n) is 6.15. The van der Waals surface area contributed by atoms with E-state index in [2.05, 4.69) is 26.8 Å². The summed E-state index contributed by atoms with van der Waals surface area (Å²) in [4.78, 5) is 23.9. The lowest BCUT2D eigenvalue weighted by molar-refractivity contribution is -0.117. The van der Waals surface area contributed by atoms with Gasteiger partial charge in [-0.05, 0) is 46.6 Å². The van der Waals surface area contributed by atoms with Crippen molar-refractivity contribution in [3.05, 3.63) is 62.3 Å². The van der Waals surface area contributed by atoms with Crippen LogP contribution in [0.2, 0.25) is 0 Å². The molecule has 0 radical (unpaired) electrons. The van der Waals surface area contributed by atoms with Crippen molar-refractivity contribution < 1.29 is 9.59 Å². The molecule has 108 valence electrons. The summed E-state index contributed by atoms with van der Waals surface area (Å²) >= 11 is 4.57. The third-order valence-corrected chi connectivity index (χ3v) is 4.19. The fourth-order valence-electron chi connectivity index (χ4n) is 1.60. The van der Waals surface area contributed by atoms with Gasteiger partial charge in [-0.15, -0.1) is 11.3 Å². The lowest BCUT2D eigenvalue weighted by Crippen LogP contribution is -2.40. The van der Waals surface area contributed by atoms with Crippen LogP contribution in [0.15, 0.2) is 46.3 Å². The van der Waals surface area contributed by atoms with Gasteiger partial charge in [0, 0.05) is 6.08 Å². The number of carbonyl (C=O) groups excluding carboxylic acids is 2. The number of aryl methyl sites for hydroxylation is 1. The van der Waals surface area contributed by atoms with Crippen molar-refractivity contribution in [1.29, 1.82) is 0 Å². The molecule has 1 aromatic heterocycles. The summed E-state index contributed by atoms with van der Waals surface area (Å²) in [6.45, 7) is 1.98. The van der Waals surface area contributed by atoms with E-state index in [0.717, 1.165) is 14.9 Å². The number of benzene rings is 1. The Morgan fingerprint density at radius 2 is 2.00 bits per heavy atom. The minimum atomic E-state index is -0.388. The van der Waals surface area contributed by atoms with Gasteiger partial charge in [-0.25, -0.2) is 0 Å². The number of hydrazine groups is 1. The van der Waals surface area contributed by atoms with E-state index < -0.39 is 0 Å². The van der Waals surface area contributed by atoms with Crippen LogP contribution in [0.1, 0.15) is 20.8 Å². The number of amides is 2. The first-order chi connectivity index (χ1) is 10.0. The van der Waals surface area contributed by atoms with Gasteiger partial charge >= 0.3 is 0 Å². The quantitative estimate of drug-likeness (QED) is 0.648. The molecule has 0 unspecified atom stereocenters. The summed E-state index contributed by atoms with van der Waals surface area (Å²) in [6.07, 6.45) is 3.07. The van der Waals surface area contributed by atoms with Crippen molar-refractivity contribution in [3.63, 3.8) is 0 Å². The molecule has 4 nitrogen and oxygen atoms in total. The first-order valence-corrected chi connectivity index (χ1v) is 7.76. The lowest BCUT2D eigenvalue weighted by atomic mass is 10.1. The molecule has 0 saturated carbocycles. The fourth-order valence-corrected chi connectivity index (χ4v) is 2.88. The van der Waals surface area contributed by atoms with Gasteiger partial charge in [0.15, 0.2) is 0 Å². The smallest absolute Gasteiger partial charge is 0.268 e. The van der Waals surface area contributed by atoms with Gasteiger partial charge in [0.1, 0.15) is 0 Å². The van der Waals surface area contributed by atoms with Gasteiger partial charge in [0.25, 0.3) is 11.8 Å². The number of hydrogen-bond donors (Lipinski definition) is 2. The summed E-state index contributed by atoms with van der Waals surface area (Å²) in [5, 5.41) is 0. The van der Waals surface area contributed by atoms with E-state index in [1.165, 1.54) is 17.4 Å². The van der Waals surface area contributed by atoms with E-state index in [-0.39, 0.29) is 11.8 Å². The van der Waals surface area contributed by atoms with Crippen molar-refractivity contribution in [1.82, 2.24) is 10.9 Å². The van der Waals surface area contributed by atoms with Crippen molar-refractivity contribution in [2.75, 3.05) is 0 Å². The fraction of sp³-hybridized carbons (Fsp3) is 0.0667. The highest BCUT2D eigenvalue weighted by atomic mass is 79.9. The first kappa shape index (κ1) is 15.5. The number of nitrogens with one attached hydrogen (secondary N) is 2. The summed E-state index contributed by atoms with van der Waals surface area (Å²) in [7, 11) is 0. The molecule has 2 N–H and O–H groups in total. The van der Waals surface area contributed by atoms with Crippen molar-refractivity contribution >= 4 is 45.2 Å². The predicted molar refractivity (Wildman–Crippen MR) is 87.8 cm³/mol. The van der Waals surface area contributed by atoms with Crippen LogP contribution in [0, 0.1) is 6.92 Å². The molecule has 0 spiro atoms. The van der Waals surface area contributed by atoms with Crippen LogP contribution in [-0.4, -0.2) is 11.8 Å².